The molecule has 2 rings (SSSR count). The van der Waals surface area contributed by atoms with Crippen LogP contribution in [0.1, 0.15) is 5.56 Å². The van der Waals surface area contributed by atoms with Crippen molar-refractivity contribution in [3.05, 3.63) is 24.0 Å². The largest absolute Gasteiger partial charge is 0.361 e. The Morgan fingerprint density at radius 3 is 3.36 bits per heavy atom. The number of aliphatic imine (C=N–C) groups is 1. The molecule has 1 aromatic heterocycles. The van der Waals surface area contributed by atoms with E-state index in [2.05, 4.69) is 9.98 Å². The molecule has 56 valence electrons. The van der Waals surface area contributed by atoms with Crippen LogP contribution in [-0.4, -0.2) is 23.3 Å². The predicted molar refractivity (Wildman–Crippen MR) is 43.9 cm³/mol. The molecule has 0 spiro atoms. The number of hydrogen-bond donors (Lipinski definition) is 0. The van der Waals surface area contributed by atoms with Gasteiger partial charge in [-0.05, 0) is 6.07 Å². The van der Waals surface area contributed by atoms with Gasteiger partial charge in [-0.3, -0.25) is 4.98 Å². The second-order valence-electron chi connectivity index (χ2n) is 2.66. The molecule has 1 aromatic rings. The number of nitrogens with zero attached hydrogens (tertiary/aromatic N) is 3. The maximum Gasteiger partial charge on any atom is 0.0912 e. The van der Waals surface area contributed by atoms with Crippen LogP contribution in [0.4, 0.5) is 5.69 Å². The second kappa shape index (κ2) is 2.34. The Balaban J connectivity index is 2.46. The van der Waals surface area contributed by atoms with Gasteiger partial charge in [-0.1, -0.05) is 0 Å². The predicted octanol–water partition coefficient (Wildman–Crippen LogP) is 1.19. The van der Waals surface area contributed by atoms with E-state index < -0.39 is 0 Å². The summed E-state index contributed by atoms with van der Waals surface area (Å²) in [5.74, 6) is 0. The highest BCUT2D eigenvalue weighted by atomic mass is 15.1. The maximum absolute atomic E-state index is 4.23. The molecule has 0 saturated carbocycles. The van der Waals surface area contributed by atoms with E-state index in [1.54, 1.807) is 6.20 Å². The quantitative estimate of drug-likeness (QED) is 0.551. The average molecular weight is 147 g/mol. The van der Waals surface area contributed by atoms with E-state index in [1.165, 1.54) is 5.56 Å². The van der Waals surface area contributed by atoms with Crippen molar-refractivity contribution in [2.45, 2.75) is 6.54 Å². The molecular weight excluding hydrogens is 138 g/mol. The van der Waals surface area contributed by atoms with Crippen molar-refractivity contribution in [2.75, 3.05) is 7.05 Å². The van der Waals surface area contributed by atoms with Crippen molar-refractivity contribution in [1.29, 1.82) is 0 Å². The molecule has 0 N–H and O–H groups in total. The van der Waals surface area contributed by atoms with Gasteiger partial charge >= 0.3 is 0 Å². The SMILES string of the molecule is CN1C=Nc2ccncc2C1. The van der Waals surface area contributed by atoms with Gasteiger partial charge in [-0.15, -0.1) is 0 Å². The van der Waals surface area contributed by atoms with Crippen LogP contribution < -0.4 is 0 Å². The third-order valence-electron chi connectivity index (χ3n) is 1.69. The average Bonchev–Trinajstić information content (AvgIpc) is 2.04. The molecule has 2 heterocycles. The van der Waals surface area contributed by atoms with E-state index in [9.17, 15) is 0 Å². The minimum atomic E-state index is 0.909. The first kappa shape index (κ1) is 6.34. The Kier molecular flexibility index (Phi) is 1.35. The lowest BCUT2D eigenvalue weighted by atomic mass is 10.2. The van der Waals surface area contributed by atoms with Gasteiger partial charge in [0, 0.05) is 31.5 Å². The Labute approximate surface area is 65.4 Å². The third kappa shape index (κ3) is 1.09. The zero-order valence-electron chi connectivity index (χ0n) is 6.36. The molecule has 1 aliphatic heterocycles. The summed E-state index contributed by atoms with van der Waals surface area (Å²) in [4.78, 5) is 10.3. The van der Waals surface area contributed by atoms with E-state index in [-0.39, 0.29) is 0 Å². The molecule has 0 unspecified atom stereocenters. The first-order valence-electron chi connectivity index (χ1n) is 3.53. The number of pyridine rings is 1. The topological polar surface area (TPSA) is 28.5 Å². The number of aromatic nitrogens is 1. The molecule has 3 heteroatoms. The summed E-state index contributed by atoms with van der Waals surface area (Å²) in [5.41, 5.74) is 2.23. The van der Waals surface area contributed by atoms with Gasteiger partial charge in [0.1, 0.15) is 0 Å². The van der Waals surface area contributed by atoms with Crippen LogP contribution in [0, 0.1) is 0 Å². The van der Waals surface area contributed by atoms with Gasteiger partial charge in [0.15, 0.2) is 0 Å². The fraction of sp³-hybridized carbons (Fsp3) is 0.250. The lowest BCUT2D eigenvalue weighted by Gasteiger charge is -2.18. The summed E-state index contributed by atoms with van der Waals surface area (Å²) in [7, 11) is 2.00. The summed E-state index contributed by atoms with van der Waals surface area (Å²) < 4.78 is 0. The fourth-order valence-electron chi connectivity index (χ4n) is 1.14. The van der Waals surface area contributed by atoms with Crippen LogP contribution in [0.2, 0.25) is 0 Å². The van der Waals surface area contributed by atoms with Crippen molar-refractivity contribution in [1.82, 2.24) is 9.88 Å². The monoisotopic (exact) mass is 147 g/mol. The second-order valence-corrected chi connectivity index (χ2v) is 2.66. The van der Waals surface area contributed by atoms with E-state index in [0.717, 1.165) is 12.2 Å². The molecular formula is C8H9N3. The molecule has 0 bridgehead atoms. The molecule has 0 fully saturated rings. The fourth-order valence-corrected chi connectivity index (χ4v) is 1.14. The van der Waals surface area contributed by atoms with Crippen LogP contribution in [0.3, 0.4) is 0 Å². The summed E-state index contributed by atoms with van der Waals surface area (Å²) >= 11 is 0. The van der Waals surface area contributed by atoms with Gasteiger partial charge in [0.05, 0.1) is 12.0 Å². The number of fused-ring (bicyclic) bond motifs is 1. The molecule has 0 amide bonds. The standard InChI is InChI=1S/C8H9N3/c1-11-5-7-4-9-3-2-8(7)10-6-11/h2-4,6H,5H2,1H3. The Morgan fingerprint density at radius 1 is 1.55 bits per heavy atom. The number of hydrogen-bond acceptors (Lipinski definition) is 3. The Morgan fingerprint density at radius 2 is 2.45 bits per heavy atom. The summed E-state index contributed by atoms with van der Waals surface area (Å²) in [6.07, 6.45) is 5.46. The van der Waals surface area contributed by atoms with Crippen molar-refractivity contribution in [3.63, 3.8) is 0 Å². The van der Waals surface area contributed by atoms with Crippen LogP contribution in [0.15, 0.2) is 23.5 Å². The zero-order chi connectivity index (χ0) is 7.68. The molecule has 0 atom stereocenters. The lowest BCUT2D eigenvalue weighted by Crippen LogP contribution is -2.18. The molecule has 0 radical (unpaired) electrons. The highest BCUT2D eigenvalue weighted by Gasteiger charge is 2.06. The lowest BCUT2D eigenvalue weighted by molar-refractivity contribution is 0.508. The molecule has 0 aromatic carbocycles. The van der Waals surface area contributed by atoms with Crippen molar-refractivity contribution in [3.8, 4) is 0 Å². The first-order valence-corrected chi connectivity index (χ1v) is 3.53. The van der Waals surface area contributed by atoms with Gasteiger partial charge in [0.25, 0.3) is 0 Å². The third-order valence-corrected chi connectivity index (χ3v) is 1.69. The minimum Gasteiger partial charge on any atom is -0.361 e. The Hall–Kier alpha value is -1.38. The van der Waals surface area contributed by atoms with Crippen LogP contribution in [0.25, 0.3) is 0 Å². The Bertz CT molecular complexity index is 293. The maximum atomic E-state index is 4.23. The van der Waals surface area contributed by atoms with Crippen molar-refractivity contribution >= 4 is 12.0 Å². The molecule has 1 aliphatic rings. The summed E-state index contributed by atoms with van der Waals surface area (Å²) in [6.45, 7) is 0.909. The first-order chi connectivity index (χ1) is 5.36. The highest BCUT2D eigenvalue weighted by molar-refractivity contribution is 5.65. The van der Waals surface area contributed by atoms with E-state index in [1.807, 2.05) is 30.5 Å². The zero-order valence-corrected chi connectivity index (χ0v) is 6.36. The molecule has 0 aliphatic carbocycles. The van der Waals surface area contributed by atoms with Crippen LogP contribution in [0.5, 0.6) is 0 Å². The van der Waals surface area contributed by atoms with Crippen LogP contribution in [-0.2, 0) is 6.54 Å². The summed E-state index contributed by atoms with van der Waals surface area (Å²) in [6, 6.07) is 1.93. The number of rotatable bonds is 0. The van der Waals surface area contributed by atoms with Gasteiger partial charge in [-0.2, -0.15) is 0 Å². The van der Waals surface area contributed by atoms with Gasteiger partial charge in [-0.25, -0.2) is 4.99 Å². The van der Waals surface area contributed by atoms with Crippen molar-refractivity contribution < 1.29 is 0 Å². The molecule has 11 heavy (non-hydrogen) atoms. The van der Waals surface area contributed by atoms with E-state index >= 15 is 0 Å². The van der Waals surface area contributed by atoms with Crippen LogP contribution >= 0.6 is 0 Å². The van der Waals surface area contributed by atoms with Crippen molar-refractivity contribution in [2.24, 2.45) is 4.99 Å². The van der Waals surface area contributed by atoms with E-state index in [4.69, 9.17) is 0 Å². The highest BCUT2D eigenvalue weighted by Crippen LogP contribution is 2.20. The normalized spacial score (nSPS) is 14.8. The minimum absolute atomic E-state index is 0.909. The van der Waals surface area contributed by atoms with Gasteiger partial charge < -0.3 is 4.90 Å². The smallest absolute Gasteiger partial charge is 0.0912 e. The molecule has 0 saturated heterocycles. The molecule has 3 nitrogen and oxygen atoms in total. The van der Waals surface area contributed by atoms with E-state index in [0.29, 0.717) is 0 Å². The van der Waals surface area contributed by atoms with Gasteiger partial charge in [0.2, 0.25) is 0 Å². The summed E-state index contributed by atoms with van der Waals surface area (Å²) in [5, 5.41) is 0.